The van der Waals surface area contributed by atoms with Gasteiger partial charge in [0, 0.05) is 30.2 Å². The highest BCUT2D eigenvalue weighted by molar-refractivity contribution is 7.89. The molecule has 4 N–H and O–H groups in total. The van der Waals surface area contributed by atoms with Gasteiger partial charge in [0.25, 0.3) is 0 Å². The predicted octanol–water partition coefficient (Wildman–Crippen LogP) is 3.31. The number of nitrogens with zero attached hydrogens (tertiary/aromatic N) is 1. The maximum absolute atomic E-state index is 13.2. The van der Waals surface area contributed by atoms with Crippen molar-refractivity contribution in [3.63, 3.8) is 0 Å². The highest BCUT2D eigenvalue weighted by Gasteiger charge is 2.53. The maximum Gasteiger partial charge on any atom is 0.242 e. The Hall–Kier alpha value is -2.72. The van der Waals surface area contributed by atoms with Gasteiger partial charge in [-0.2, -0.15) is 0 Å². The topological polar surface area (TPSA) is 112 Å². The van der Waals surface area contributed by atoms with E-state index in [1.165, 1.54) is 18.3 Å². The molecular weight excluding hydrogens is 457 g/mol. The number of hydrogen-bond donors (Lipinski definition) is 4. The lowest BCUT2D eigenvalue weighted by molar-refractivity contribution is -0.138. The molecule has 0 radical (unpaired) electrons. The molecule has 0 saturated heterocycles. The van der Waals surface area contributed by atoms with Crippen molar-refractivity contribution in [1.82, 2.24) is 15.0 Å². The summed E-state index contributed by atoms with van der Waals surface area (Å²) in [6.45, 7) is 3.34. The van der Waals surface area contributed by atoms with Gasteiger partial charge in [0.15, 0.2) is 0 Å². The molecular formula is C24H30FN5O3S. The van der Waals surface area contributed by atoms with Crippen LogP contribution in [-0.4, -0.2) is 37.9 Å². The van der Waals surface area contributed by atoms with E-state index in [0.29, 0.717) is 56.6 Å². The highest BCUT2D eigenvalue weighted by atomic mass is 32.2. The fraction of sp³-hybridized carbons (Fsp3) is 0.500. The number of carbonyl (C=O) groups is 1. The Morgan fingerprint density at radius 2 is 1.71 bits per heavy atom. The van der Waals surface area contributed by atoms with E-state index in [1.54, 1.807) is 18.2 Å². The fourth-order valence-electron chi connectivity index (χ4n) is 5.45. The van der Waals surface area contributed by atoms with Crippen LogP contribution in [0, 0.1) is 11.2 Å². The lowest BCUT2D eigenvalue weighted by Crippen LogP contribution is -2.59. The zero-order valence-corrected chi connectivity index (χ0v) is 20.0. The summed E-state index contributed by atoms with van der Waals surface area (Å²) in [5.41, 5.74) is 0.517. The van der Waals surface area contributed by atoms with Crippen LogP contribution in [0.15, 0.2) is 41.4 Å². The molecule has 34 heavy (non-hydrogen) atoms. The zero-order chi connectivity index (χ0) is 24.0. The Morgan fingerprint density at radius 3 is 2.38 bits per heavy atom. The largest absolute Gasteiger partial charge is 0.380 e. The molecule has 2 aromatic rings. The first-order chi connectivity index (χ1) is 16.2. The number of amides is 1. The molecule has 1 aromatic heterocycles. The van der Waals surface area contributed by atoms with E-state index in [0.717, 1.165) is 12.1 Å². The minimum atomic E-state index is -3.75. The zero-order valence-electron chi connectivity index (χ0n) is 19.2. The second-order valence-electron chi connectivity index (χ2n) is 9.83. The third-order valence-corrected chi connectivity index (χ3v) is 9.25. The second-order valence-corrected chi connectivity index (χ2v) is 11.5. The smallest absolute Gasteiger partial charge is 0.242 e. The van der Waals surface area contributed by atoms with Gasteiger partial charge in [-0.3, -0.25) is 4.79 Å². The number of sulfonamides is 1. The number of fused-ring (bicyclic) bond motifs is 4. The van der Waals surface area contributed by atoms with Gasteiger partial charge in [-0.15, -0.1) is 0 Å². The first-order valence-electron chi connectivity index (χ1n) is 11.8. The molecule has 6 rings (SSSR count). The van der Waals surface area contributed by atoms with E-state index >= 15 is 0 Å². The molecule has 10 heteroatoms. The van der Waals surface area contributed by atoms with Crippen LogP contribution < -0.4 is 20.7 Å². The van der Waals surface area contributed by atoms with E-state index in [4.69, 9.17) is 0 Å². The fourth-order valence-corrected chi connectivity index (χ4v) is 6.91. The van der Waals surface area contributed by atoms with Crippen LogP contribution in [0.2, 0.25) is 0 Å². The molecule has 0 unspecified atom stereocenters. The van der Waals surface area contributed by atoms with Crippen molar-refractivity contribution in [2.45, 2.75) is 61.9 Å². The molecule has 3 saturated carbocycles. The number of anilines is 2. The molecule has 0 spiro atoms. The van der Waals surface area contributed by atoms with Gasteiger partial charge < -0.3 is 16.0 Å². The Kier molecular flexibility index (Phi) is 5.76. The van der Waals surface area contributed by atoms with Crippen LogP contribution in [0.3, 0.4) is 0 Å². The molecule has 182 valence electrons. The van der Waals surface area contributed by atoms with Crippen molar-refractivity contribution in [3.8, 4) is 0 Å². The van der Waals surface area contributed by atoms with Gasteiger partial charge in [-0.25, -0.2) is 22.5 Å². The molecule has 1 atom stereocenters. The summed E-state index contributed by atoms with van der Waals surface area (Å²) in [5.74, 6) is 0.348. The monoisotopic (exact) mass is 487 g/mol. The minimum Gasteiger partial charge on any atom is -0.380 e. The summed E-state index contributed by atoms with van der Waals surface area (Å²) in [5, 5.41) is 9.42. The molecule has 4 aliphatic rings. The SMILES string of the molecule is C[C@@H](NC(=O)C12CCC(NS(=O)(=O)c3cnc4c(c3)NCCN4)(CC1)CC2)c1ccc(F)cc1. The third kappa shape index (κ3) is 4.24. The van der Waals surface area contributed by atoms with Gasteiger partial charge >= 0.3 is 0 Å². The Bertz CT molecular complexity index is 1180. The average Bonchev–Trinajstić information content (AvgIpc) is 2.84. The summed E-state index contributed by atoms with van der Waals surface area (Å²) in [6, 6.07) is 7.54. The third-order valence-electron chi connectivity index (χ3n) is 7.70. The van der Waals surface area contributed by atoms with Gasteiger partial charge in [0.2, 0.25) is 15.9 Å². The van der Waals surface area contributed by atoms with Crippen LogP contribution in [0.25, 0.3) is 0 Å². The molecule has 3 fully saturated rings. The summed E-state index contributed by atoms with van der Waals surface area (Å²) in [4.78, 5) is 17.6. The highest BCUT2D eigenvalue weighted by Crippen LogP contribution is 2.53. The van der Waals surface area contributed by atoms with Crippen LogP contribution in [-0.2, 0) is 14.8 Å². The molecule has 8 nitrogen and oxygen atoms in total. The van der Waals surface area contributed by atoms with Gasteiger partial charge in [-0.05, 0) is 69.2 Å². The second kappa shape index (κ2) is 8.49. The van der Waals surface area contributed by atoms with Gasteiger partial charge in [-0.1, -0.05) is 12.1 Å². The quantitative estimate of drug-likeness (QED) is 0.497. The van der Waals surface area contributed by atoms with E-state index in [-0.39, 0.29) is 22.7 Å². The van der Waals surface area contributed by atoms with Gasteiger partial charge in [0.05, 0.1) is 11.7 Å². The minimum absolute atomic E-state index is 0.00190. The number of aromatic nitrogens is 1. The summed E-state index contributed by atoms with van der Waals surface area (Å²) < 4.78 is 42.6. The van der Waals surface area contributed by atoms with Crippen molar-refractivity contribution in [3.05, 3.63) is 47.9 Å². The van der Waals surface area contributed by atoms with Crippen LogP contribution in [0.5, 0.6) is 0 Å². The van der Waals surface area contributed by atoms with E-state index < -0.39 is 21.0 Å². The molecule has 2 heterocycles. The predicted molar refractivity (Wildman–Crippen MR) is 127 cm³/mol. The molecule has 1 amide bonds. The van der Waals surface area contributed by atoms with E-state index in [9.17, 15) is 17.6 Å². The first-order valence-corrected chi connectivity index (χ1v) is 13.3. The average molecular weight is 488 g/mol. The number of halogens is 1. The Labute approximate surface area is 199 Å². The van der Waals surface area contributed by atoms with Crippen molar-refractivity contribution < 1.29 is 17.6 Å². The molecule has 3 aliphatic carbocycles. The Balaban J connectivity index is 1.25. The van der Waals surface area contributed by atoms with Crippen molar-refractivity contribution >= 4 is 27.4 Å². The lowest BCUT2D eigenvalue weighted by atomic mass is 9.57. The van der Waals surface area contributed by atoms with Crippen LogP contribution in [0.1, 0.15) is 57.1 Å². The van der Waals surface area contributed by atoms with Gasteiger partial charge in [0.1, 0.15) is 16.5 Å². The lowest BCUT2D eigenvalue weighted by Gasteiger charge is -2.52. The Morgan fingerprint density at radius 1 is 1.06 bits per heavy atom. The first kappa shape index (κ1) is 23.0. The van der Waals surface area contributed by atoms with E-state index in [1.807, 2.05) is 6.92 Å². The number of nitrogens with one attached hydrogen (secondary N) is 4. The van der Waals surface area contributed by atoms with Crippen molar-refractivity contribution in [2.24, 2.45) is 5.41 Å². The summed E-state index contributed by atoms with van der Waals surface area (Å²) in [7, 11) is -3.75. The number of pyridine rings is 1. The summed E-state index contributed by atoms with van der Waals surface area (Å²) in [6.07, 6.45) is 5.12. The number of rotatable bonds is 6. The van der Waals surface area contributed by atoms with Crippen molar-refractivity contribution in [1.29, 1.82) is 0 Å². The maximum atomic E-state index is 13.2. The molecule has 1 aliphatic heterocycles. The van der Waals surface area contributed by atoms with Crippen molar-refractivity contribution in [2.75, 3.05) is 23.7 Å². The standard InChI is InChI=1S/C24H30FN5O3S/c1-16(17-2-4-18(25)5-3-17)29-22(31)23-6-9-24(10-7-23,11-8-23)30-34(32,33)19-14-20-21(28-15-19)27-13-12-26-20/h2-5,14-16,26,30H,6-13H2,1H3,(H,27,28)(H,29,31)/t16-,23?,24?/m1/s1. The number of benzene rings is 1. The normalized spacial score (nSPS) is 26.6. The number of carbonyl (C=O) groups excluding carboxylic acids is 1. The number of hydrogen-bond acceptors (Lipinski definition) is 6. The molecule has 2 bridgehead atoms. The summed E-state index contributed by atoms with van der Waals surface area (Å²) >= 11 is 0. The molecule has 1 aromatic carbocycles. The van der Waals surface area contributed by atoms with Crippen LogP contribution in [0.4, 0.5) is 15.9 Å². The van der Waals surface area contributed by atoms with E-state index in [2.05, 4.69) is 25.7 Å². The van der Waals surface area contributed by atoms with Crippen LogP contribution >= 0.6 is 0 Å².